The van der Waals surface area contributed by atoms with E-state index in [-0.39, 0.29) is 5.15 Å². The summed E-state index contributed by atoms with van der Waals surface area (Å²) in [6, 6.07) is 4.14. The average molecular weight is 144 g/mol. The molecule has 0 atom stereocenters. The van der Waals surface area contributed by atoms with Crippen LogP contribution in [0.25, 0.3) is 0 Å². The lowest BCUT2D eigenvalue weighted by molar-refractivity contribution is 0.392. The number of rotatable bonds is 1. The second-order valence-electron chi connectivity index (χ2n) is 1.32. The van der Waals surface area contributed by atoms with E-state index in [9.17, 15) is 0 Å². The van der Waals surface area contributed by atoms with Crippen LogP contribution in [0.3, 0.4) is 0 Å². The van der Waals surface area contributed by atoms with Crippen molar-refractivity contribution in [3.63, 3.8) is 0 Å². The van der Waals surface area contributed by atoms with Crippen molar-refractivity contribution in [2.45, 2.75) is 0 Å². The van der Waals surface area contributed by atoms with Crippen LogP contribution in [-0.4, -0.2) is 17.3 Å². The Morgan fingerprint density at radius 3 is 2.89 bits per heavy atom. The molecule has 0 saturated carbocycles. The smallest absolute Gasteiger partial charge is 0.233 e. The number of methoxy groups -OCH3 is 1. The highest BCUT2D eigenvalue weighted by molar-refractivity contribution is 6.29. The maximum atomic E-state index is 5.38. The standard InChI is InChI=1S/C5H4ClN2O/c1-9-5-3-2-4(6)7-8-5/h3H,1H3. The molecule has 47 valence electrons. The van der Waals surface area contributed by atoms with Crippen molar-refractivity contribution in [3.8, 4) is 5.88 Å². The summed E-state index contributed by atoms with van der Waals surface area (Å²) < 4.78 is 4.71. The summed E-state index contributed by atoms with van der Waals surface area (Å²) in [6.07, 6.45) is 0. The van der Waals surface area contributed by atoms with Crippen LogP contribution in [0.5, 0.6) is 5.88 Å². The van der Waals surface area contributed by atoms with Gasteiger partial charge in [0, 0.05) is 12.1 Å². The summed E-state index contributed by atoms with van der Waals surface area (Å²) in [5, 5.41) is 7.29. The molecule has 3 nitrogen and oxygen atoms in total. The topological polar surface area (TPSA) is 35.0 Å². The van der Waals surface area contributed by atoms with Gasteiger partial charge >= 0.3 is 0 Å². The molecule has 1 heterocycles. The number of hydrogen-bond donors (Lipinski definition) is 0. The van der Waals surface area contributed by atoms with Crippen LogP contribution in [0.4, 0.5) is 0 Å². The zero-order valence-electron chi connectivity index (χ0n) is 4.76. The van der Waals surface area contributed by atoms with E-state index in [1.54, 1.807) is 0 Å². The monoisotopic (exact) mass is 143 g/mol. The fourth-order valence-electron chi connectivity index (χ4n) is 0.372. The van der Waals surface area contributed by atoms with Crippen LogP contribution in [-0.2, 0) is 0 Å². The van der Waals surface area contributed by atoms with Gasteiger partial charge < -0.3 is 4.74 Å². The number of halogens is 1. The molecular formula is C5H4ClN2O. The molecule has 1 aromatic rings. The fraction of sp³-hybridized carbons (Fsp3) is 0.200. The van der Waals surface area contributed by atoms with Crippen molar-refractivity contribution in [3.05, 3.63) is 17.3 Å². The summed E-state index contributed by atoms with van der Waals surface area (Å²) in [7, 11) is 1.51. The SMILES string of the molecule is COc1c[c]c(Cl)nn1. The van der Waals surface area contributed by atoms with Gasteiger partial charge in [-0.3, -0.25) is 0 Å². The van der Waals surface area contributed by atoms with Gasteiger partial charge in [-0.25, -0.2) is 0 Å². The first-order chi connectivity index (χ1) is 4.33. The van der Waals surface area contributed by atoms with E-state index in [0.29, 0.717) is 5.88 Å². The first-order valence-corrected chi connectivity index (χ1v) is 2.65. The minimum atomic E-state index is 0.246. The zero-order valence-corrected chi connectivity index (χ0v) is 5.51. The Morgan fingerprint density at radius 1 is 1.67 bits per heavy atom. The Balaban J connectivity index is 2.88. The number of hydrogen-bond acceptors (Lipinski definition) is 3. The van der Waals surface area contributed by atoms with Crippen LogP contribution >= 0.6 is 11.6 Å². The third-order valence-electron chi connectivity index (χ3n) is 0.760. The van der Waals surface area contributed by atoms with Crippen LogP contribution < -0.4 is 4.74 Å². The number of ether oxygens (including phenoxy) is 1. The molecule has 0 unspecified atom stereocenters. The number of nitrogens with zero attached hydrogens (tertiary/aromatic N) is 2. The molecule has 0 saturated heterocycles. The molecular weight excluding hydrogens is 140 g/mol. The highest BCUT2D eigenvalue weighted by Crippen LogP contribution is 2.05. The van der Waals surface area contributed by atoms with Crippen molar-refractivity contribution >= 4 is 11.6 Å². The molecule has 0 spiro atoms. The number of aromatic nitrogens is 2. The van der Waals surface area contributed by atoms with E-state index in [1.165, 1.54) is 13.2 Å². The van der Waals surface area contributed by atoms with Crippen molar-refractivity contribution in [2.24, 2.45) is 0 Å². The Labute approximate surface area is 57.6 Å². The Kier molecular flexibility index (Phi) is 1.85. The van der Waals surface area contributed by atoms with E-state index in [0.717, 1.165) is 0 Å². The quantitative estimate of drug-likeness (QED) is 0.587. The minimum Gasteiger partial charge on any atom is -0.480 e. The van der Waals surface area contributed by atoms with Crippen LogP contribution in [0.2, 0.25) is 5.15 Å². The predicted molar refractivity (Wildman–Crippen MR) is 32.4 cm³/mol. The predicted octanol–water partition coefficient (Wildman–Crippen LogP) is 0.939. The summed E-state index contributed by atoms with van der Waals surface area (Å²) >= 11 is 5.38. The normalized spacial score (nSPS) is 9.11. The molecule has 0 N–H and O–H groups in total. The van der Waals surface area contributed by atoms with Gasteiger partial charge in [-0.2, -0.15) is 0 Å². The minimum absolute atomic E-state index is 0.246. The van der Waals surface area contributed by atoms with E-state index < -0.39 is 0 Å². The van der Waals surface area contributed by atoms with Crippen molar-refractivity contribution < 1.29 is 4.74 Å². The molecule has 0 aromatic carbocycles. The van der Waals surface area contributed by atoms with Crippen molar-refractivity contribution in [1.82, 2.24) is 10.2 Å². The molecule has 0 amide bonds. The molecule has 0 bridgehead atoms. The van der Waals surface area contributed by atoms with Gasteiger partial charge in [0.05, 0.1) is 7.11 Å². The Hall–Kier alpha value is -0.830. The second-order valence-corrected chi connectivity index (χ2v) is 1.68. The van der Waals surface area contributed by atoms with Gasteiger partial charge in [0.25, 0.3) is 0 Å². The highest BCUT2D eigenvalue weighted by Gasteiger charge is 1.91. The third-order valence-corrected chi connectivity index (χ3v) is 0.945. The van der Waals surface area contributed by atoms with E-state index in [1.807, 2.05) is 0 Å². The molecule has 0 aliphatic rings. The van der Waals surface area contributed by atoms with Gasteiger partial charge in [0.2, 0.25) is 5.88 Å². The van der Waals surface area contributed by atoms with Gasteiger partial charge in [-0.15, -0.1) is 10.2 Å². The fourth-order valence-corrected chi connectivity index (χ4v) is 0.464. The van der Waals surface area contributed by atoms with Gasteiger partial charge in [0.15, 0.2) is 5.15 Å². The van der Waals surface area contributed by atoms with Crippen LogP contribution in [0.15, 0.2) is 6.07 Å². The summed E-state index contributed by atoms with van der Waals surface area (Å²) in [5.74, 6) is 0.416. The Morgan fingerprint density at radius 2 is 2.44 bits per heavy atom. The maximum absolute atomic E-state index is 5.38. The molecule has 1 rings (SSSR count). The first kappa shape index (κ1) is 6.29. The molecule has 1 radical (unpaired) electrons. The molecule has 0 aliphatic carbocycles. The third kappa shape index (κ3) is 1.54. The first-order valence-electron chi connectivity index (χ1n) is 2.28. The van der Waals surface area contributed by atoms with Gasteiger partial charge in [-0.1, -0.05) is 11.6 Å². The molecule has 1 aromatic heterocycles. The van der Waals surface area contributed by atoms with E-state index in [2.05, 4.69) is 16.3 Å². The van der Waals surface area contributed by atoms with Gasteiger partial charge in [-0.05, 0) is 0 Å². The maximum Gasteiger partial charge on any atom is 0.233 e. The van der Waals surface area contributed by atoms with Gasteiger partial charge in [0.1, 0.15) is 0 Å². The zero-order chi connectivity index (χ0) is 6.69. The summed E-state index contributed by atoms with van der Waals surface area (Å²) in [6.45, 7) is 0. The summed E-state index contributed by atoms with van der Waals surface area (Å²) in [4.78, 5) is 0. The van der Waals surface area contributed by atoms with Crippen LogP contribution in [0, 0.1) is 6.07 Å². The lowest BCUT2D eigenvalue weighted by Gasteiger charge is -1.92. The van der Waals surface area contributed by atoms with E-state index >= 15 is 0 Å². The molecule has 4 heteroatoms. The molecule has 0 fully saturated rings. The molecule has 0 aliphatic heterocycles. The van der Waals surface area contributed by atoms with Crippen LogP contribution in [0.1, 0.15) is 0 Å². The highest BCUT2D eigenvalue weighted by atomic mass is 35.5. The average Bonchev–Trinajstić information content (AvgIpc) is 1.90. The Bertz CT molecular complexity index is 187. The largest absolute Gasteiger partial charge is 0.480 e. The lowest BCUT2D eigenvalue weighted by Crippen LogP contribution is -1.88. The second kappa shape index (κ2) is 2.64. The molecule has 9 heavy (non-hydrogen) atoms. The van der Waals surface area contributed by atoms with Crippen molar-refractivity contribution in [1.29, 1.82) is 0 Å². The lowest BCUT2D eigenvalue weighted by atomic mass is 10.6. The summed E-state index contributed by atoms with van der Waals surface area (Å²) in [5.41, 5.74) is 0. The van der Waals surface area contributed by atoms with Crippen molar-refractivity contribution in [2.75, 3.05) is 7.11 Å². The van der Waals surface area contributed by atoms with E-state index in [4.69, 9.17) is 16.3 Å².